The summed E-state index contributed by atoms with van der Waals surface area (Å²) < 4.78 is 73.0. The van der Waals surface area contributed by atoms with Crippen LogP contribution in [0.1, 0.15) is 28.4 Å². The molecular formula is C31H26ClF3N2O3S. The molecule has 1 heterocycles. The molecule has 212 valence electrons. The molecule has 1 N–H and O–H groups in total. The standard InChI is InChI=1S/C31H26ClF3N2O3S/c32-29-25-16-8-9-17-26(25)37(30(22-11-3-1-4-12-22)23-13-5-2-6-14-23)27(29)19-20-36-41(38,39)21-24-15-7-10-18-28(24)40-31(33,34)35/h1-18,30,36H,19-21H2. The molecular weight excluding hydrogens is 573 g/mol. The van der Waals surface area contributed by atoms with Crippen LogP contribution in [0, 0.1) is 0 Å². The Hall–Kier alpha value is -3.79. The van der Waals surface area contributed by atoms with Gasteiger partial charge in [0.15, 0.2) is 0 Å². The highest BCUT2D eigenvalue weighted by atomic mass is 35.5. The van der Waals surface area contributed by atoms with Gasteiger partial charge in [-0.15, -0.1) is 13.2 Å². The lowest BCUT2D eigenvalue weighted by molar-refractivity contribution is -0.274. The molecule has 0 bridgehead atoms. The van der Waals surface area contributed by atoms with Crippen LogP contribution in [-0.2, 0) is 22.2 Å². The Kier molecular flexibility index (Phi) is 8.40. The third-order valence-electron chi connectivity index (χ3n) is 6.66. The number of nitrogens with one attached hydrogen (secondary N) is 1. The van der Waals surface area contributed by atoms with Crippen LogP contribution in [0.25, 0.3) is 10.9 Å². The zero-order valence-electron chi connectivity index (χ0n) is 21.7. The van der Waals surface area contributed by atoms with Crippen LogP contribution in [0.2, 0.25) is 5.02 Å². The third kappa shape index (κ3) is 6.75. The van der Waals surface area contributed by atoms with Crippen molar-refractivity contribution in [1.82, 2.24) is 9.29 Å². The first-order chi connectivity index (χ1) is 19.6. The van der Waals surface area contributed by atoms with E-state index in [9.17, 15) is 21.6 Å². The summed E-state index contributed by atoms with van der Waals surface area (Å²) in [6.07, 6.45) is -4.70. The van der Waals surface area contributed by atoms with Crippen LogP contribution in [-0.4, -0.2) is 25.9 Å². The molecule has 5 aromatic rings. The average Bonchev–Trinajstić information content (AvgIpc) is 3.21. The second kappa shape index (κ2) is 12.0. The van der Waals surface area contributed by atoms with Crippen molar-refractivity contribution < 1.29 is 26.3 Å². The van der Waals surface area contributed by atoms with Crippen LogP contribution >= 0.6 is 11.6 Å². The highest BCUT2D eigenvalue weighted by Crippen LogP contribution is 2.38. The summed E-state index contributed by atoms with van der Waals surface area (Å²) in [7, 11) is -4.01. The number of rotatable bonds is 10. The SMILES string of the molecule is O=S(=O)(Cc1ccccc1OC(F)(F)F)NCCc1c(Cl)c2ccccc2n1C(c1ccccc1)c1ccccc1. The molecule has 0 spiro atoms. The Morgan fingerprint density at radius 3 is 2.00 bits per heavy atom. The molecule has 4 aromatic carbocycles. The van der Waals surface area contributed by atoms with E-state index < -0.39 is 27.9 Å². The normalized spacial score (nSPS) is 12.2. The van der Waals surface area contributed by atoms with E-state index in [4.69, 9.17) is 11.6 Å². The average molecular weight is 599 g/mol. The highest BCUT2D eigenvalue weighted by Gasteiger charge is 2.32. The van der Waals surface area contributed by atoms with Gasteiger partial charge >= 0.3 is 6.36 Å². The van der Waals surface area contributed by atoms with Crippen molar-refractivity contribution >= 4 is 32.5 Å². The Morgan fingerprint density at radius 2 is 1.37 bits per heavy atom. The summed E-state index contributed by atoms with van der Waals surface area (Å²) in [6, 6.07) is 32.6. The largest absolute Gasteiger partial charge is 0.573 e. The fourth-order valence-corrected chi connectivity index (χ4v) is 6.50. The van der Waals surface area contributed by atoms with E-state index in [-0.39, 0.29) is 24.6 Å². The number of sulfonamides is 1. The number of benzene rings is 4. The third-order valence-corrected chi connectivity index (χ3v) is 8.42. The van der Waals surface area contributed by atoms with Gasteiger partial charge in [-0.3, -0.25) is 0 Å². The van der Waals surface area contributed by atoms with Gasteiger partial charge in [0.2, 0.25) is 10.0 Å². The molecule has 5 nitrogen and oxygen atoms in total. The van der Waals surface area contributed by atoms with Crippen LogP contribution in [0.3, 0.4) is 0 Å². The molecule has 0 radical (unpaired) electrons. The van der Waals surface area contributed by atoms with Crippen molar-refractivity contribution in [2.75, 3.05) is 6.54 Å². The minimum absolute atomic E-state index is 0.0169. The van der Waals surface area contributed by atoms with Gasteiger partial charge in [0.05, 0.1) is 22.3 Å². The predicted molar refractivity (Wildman–Crippen MR) is 155 cm³/mol. The minimum atomic E-state index is -4.94. The smallest absolute Gasteiger partial charge is 0.405 e. The lowest BCUT2D eigenvalue weighted by Gasteiger charge is -2.24. The van der Waals surface area contributed by atoms with E-state index in [1.807, 2.05) is 84.9 Å². The van der Waals surface area contributed by atoms with Crippen LogP contribution < -0.4 is 9.46 Å². The van der Waals surface area contributed by atoms with Crippen LogP contribution in [0.4, 0.5) is 13.2 Å². The molecule has 0 amide bonds. The van der Waals surface area contributed by atoms with E-state index in [1.165, 1.54) is 18.2 Å². The fourth-order valence-electron chi connectivity index (χ4n) is 4.99. The Bertz CT molecular complexity index is 1700. The van der Waals surface area contributed by atoms with E-state index in [0.29, 0.717) is 5.02 Å². The van der Waals surface area contributed by atoms with Gasteiger partial charge in [0, 0.05) is 29.6 Å². The molecule has 0 atom stereocenters. The molecule has 5 rings (SSSR count). The van der Waals surface area contributed by atoms with Crippen molar-refractivity contribution in [3.8, 4) is 5.75 Å². The monoisotopic (exact) mass is 598 g/mol. The van der Waals surface area contributed by atoms with E-state index in [0.717, 1.165) is 33.8 Å². The Labute approximate surface area is 241 Å². The maximum absolute atomic E-state index is 12.9. The number of hydrogen-bond donors (Lipinski definition) is 1. The lowest BCUT2D eigenvalue weighted by atomic mass is 9.98. The molecule has 0 saturated heterocycles. The first-order valence-electron chi connectivity index (χ1n) is 12.8. The first-order valence-corrected chi connectivity index (χ1v) is 14.8. The van der Waals surface area contributed by atoms with Crippen molar-refractivity contribution in [3.63, 3.8) is 0 Å². The summed E-state index contributed by atoms with van der Waals surface area (Å²) in [4.78, 5) is 0. The van der Waals surface area contributed by atoms with E-state index in [1.54, 1.807) is 0 Å². The molecule has 10 heteroatoms. The quantitative estimate of drug-likeness (QED) is 0.181. The summed E-state index contributed by atoms with van der Waals surface area (Å²) >= 11 is 6.92. The van der Waals surface area contributed by atoms with E-state index >= 15 is 0 Å². The molecule has 0 unspecified atom stereocenters. The van der Waals surface area contributed by atoms with Crippen molar-refractivity contribution in [2.45, 2.75) is 24.6 Å². The van der Waals surface area contributed by atoms with Gasteiger partial charge in [0.1, 0.15) is 5.75 Å². The van der Waals surface area contributed by atoms with Gasteiger partial charge in [-0.25, -0.2) is 13.1 Å². The maximum atomic E-state index is 12.9. The van der Waals surface area contributed by atoms with Gasteiger partial charge in [-0.1, -0.05) is 109 Å². The maximum Gasteiger partial charge on any atom is 0.573 e. The summed E-state index contributed by atoms with van der Waals surface area (Å²) in [6.45, 7) is -0.0169. The van der Waals surface area contributed by atoms with Gasteiger partial charge < -0.3 is 9.30 Å². The summed E-state index contributed by atoms with van der Waals surface area (Å²) in [5.41, 5.74) is 3.58. The van der Waals surface area contributed by atoms with Gasteiger partial charge in [-0.05, 0) is 23.3 Å². The second-order valence-electron chi connectivity index (χ2n) is 9.43. The Balaban J connectivity index is 1.46. The molecule has 1 aromatic heterocycles. The predicted octanol–water partition coefficient (Wildman–Crippen LogP) is 7.49. The second-order valence-corrected chi connectivity index (χ2v) is 11.6. The zero-order chi connectivity index (χ0) is 29.0. The topological polar surface area (TPSA) is 60.3 Å². The number of nitrogens with zero attached hydrogens (tertiary/aromatic N) is 1. The highest BCUT2D eigenvalue weighted by molar-refractivity contribution is 7.88. The van der Waals surface area contributed by atoms with Gasteiger partial charge in [0.25, 0.3) is 0 Å². The Morgan fingerprint density at radius 1 is 0.805 bits per heavy atom. The number of ether oxygens (including phenoxy) is 1. The molecule has 41 heavy (non-hydrogen) atoms. The molecule has 0 saturated carbocycles. The van der Waals surface area contributed by atoms with Crippen molar-refractivity contribution in [2.24, 2.45) is 0 Å². The fraction of sp³-hybridized carbons (Fsp3) is 0.161. The summed E-state index contributed by atoms with van der Waals surface area (Å²) in [5, 5.41) is 1.35. The number of para-hydroxylation sites is 2. The molecule has 0 fully saturated rings. The molecule has 0 aliphatic heterocycles. The lowest BCUT2D eigenvalue weighted by Crippen LogP contribution is -2.28. The van der Waals surface area contributed by atoms with Crippen molar-refractivity contribution in [1.29, 1.82) is 0 Å². The zero-order valence-corrected chi connectivity index (χ0v) is 23.3. The first kappa shape index (κ1) is 28.7. The number of alkyl halides is 3. The molecule has 0 aliphatic carbocycles. The van der Waals surface area contributed by atoms with Crippen LogP contribution in [0.15, 0.2) is 109 Å². The van der Waals surface area contributed by atoms with E-state index in [2.05, 4.69) is 14.0 Å². The summed E-state index contributed by atoms with van der Waals surface area (Å²) in [5.74, 6) is -1.23. The van der Waals surface area contributed by atoms with Crippen LogP contribution in [0.5, 0.6) is 5.75 Å². The minimum Gasteiger partial charge on any atom is -0.405 e. The van der Waals surface area contributed by atoms with Gasteiger partial charge in [-0.2, -0.15) is 0 Å². The molecule has 0 aliphatic rings. The number of hydrogen-bond acceptors (Lipinski definition) is 3. The number of aromatic nitrogens is 1. The number of fused-ring (bicyclic) bond motifs is 1. The van der Waals surface area contributed by atoms with Crippen molar-refractivity contribution in [3.05, 3.63) is 137 Å². The number of halogens is 4.